The standard InChI is InChI=1S/C15H21N5O/c1-4-7-16-14-10-11(9-12(5-2)17-14)15(21)18-13-6-8-20(3)19-13/h6,8-10H,4-5,7H2,1-3H3,(H,16,17)(H,18,19,21). The minimum absolute atomic E-state index is 0.176. The van der Waals surface area contributed by atoms with Crippen LogP contribution in [0.25, 0.3) is 0 Å². The van der Waals surface area contributed by atoms with Crippen LogP contribution in [0.4, 0.5) is 11.6 Å². The van der Waals surface area contributed by atoms with Crippen LogP contribution < -0.4 is 10.6 Å². The van der Waals surface area contributed by atoms with Crippen LogP contribution in [0.2, 0.25) is 0 Å². The Morgan fingerprint density at radius 2 is 2.10 bits per heavy atom. The predicted molar refractivity (Wildman–Crippen MR) is 83.6 cm³/mol. The monoisotopic (exact) mass is 287 g/mol. The number of carbonyl (C=O) groups excluding carboxylic acids is 1. The van der Waals surface area contributed by atoms with Crippen LogP contribution >= 0.6 is 0 Å². The summed E-state index contributed by atoms with van der Waals surface area (Å²) in [6.45, 7) is 4.94. The average Bonchev–Trinajstić information content (AvgIpc) is 2.89. The smallest absolute Gasteiger partial charge is 0.257 e. The van der Waals surface area contributed by atoms with Crippen molar-refractivity contribution in [2.24, 2.45) is 7.05 Å². The van der Waals surface area contributed by atoms with Crippen molar-refractivity contribution in [3.05, 3.63) is 35.7 Å². The van der Waals surface area contributed by atoms with Gasteiger partial charge in [-0.1, -0.05) is 13.8 Å². The Bertz CT molecular complexity index is 620. The molecular formula is C15H21N5O. The van der Waals surface area contributed by atoms with Gasteiger partial charge in [-0.15, -0.1) is 0 Å². The second-order valence-corrected chi connectivity index (χ2v) is 4.84. The molecule has 2 aromatic rings. The number of amides is 1. The first-order chi connectivity index (χ1) is 10.1. The van der Waals surface area contributed by atoms with Gasteiger partial charge in [0.2, 0.25) is 0 Å². The number of aryl methyl sites for hydroxylation is 2. The van der Waals surface area contributed by atoms with Crippen molar-refractivity contribution in [1.82, 2.24) is 14.8 Å². The van der Waals surface area contributed by atoms with Crippen LogP contribution in [-0.2, 0) is 13.5 Å². The fraction of sp³-hybridized carbons (Fsp3) is 0.400. The van der Waals surface area contributed by atoms with Crippen molar-refractivity contribution in [2.45, 2.75) is 26.7 Å². The lowest BCUT2D eigenvalue weighted by Gasteiger charge is -2.09. The molecule has 0 aliphatic rings. The molecule has 2 heterocycles. The van der Waals surface area contributed by atoms with Crippen molar-refractivity contribution >= 4 is 17.5 Å². The fourth-order valence-corrected chi connectivity index (χ4v) is 1.91. The van der Waals surface area contributed by atoms with Gasteiger partial charge in [0.1, 0.15) is 5.82 Å². The van der Waals surface area contributed by atoms with Crippen LogP contribution in [0.1, 0.15) is 36.3 Å². The zero-order valence-electron chi connectivity index (χ0n) is 12.7. The number of nitrogens with one attached hydrogen (secondary N) is 2. The first-order valence-electron chi connectivity index (χ1n) is 7.18. The van der Waals surface area contributed by atoms with Crippen LogP contribution in [0.15, 0.2) is 24.4 Å². The van der Waals surface area contributed by atoms with Gasteiger partial charge in [0.25, 0.3) is 5.91 Å². The second-order valence-electron chi connectivity index (χ2n) is 4.84. The number of pyridine rings is 1. The van der Waals surface area contributed by atoms with Crippen LogP contribution in [-0.4, -0.2) is 27.2 Å². The van der Waals surface area contributed by atoms with E-state index in [1.807, 2.05) is 20.0 Å². The molecule has 2 rings (SSSR count). The summed E-state index contributed by atoms with van der Waals surface area (Å²) in [6, 6.07) is 5.35. The molecule has 2 aromatic heterocycles. The van der Waals surface area contributed by atoms with Gasteiger partial charge in [-0.2, -0.15) is 5.10 Å². The highest BCUT2D eigenvalue weighted by Crippen LogP contribution is 2.13. The summed E-state index contributed by atoms with van der Waals surface area (Å²) in [5.74, 6) is 1.10. The predicted octanol–water partition coefficient (Wildman–Crippen LogP) is 2.45. The van der Waals surface area contributed by atoms with Gasteiger partial charge < -0.3 is 10.6 Å². The van der Waals surface area contributed by atoms with Gasteiger partial charge in [-0.3, -0.25) is 9.48 Å². The molecule has 21 heavy (non-hydrogen) atoms. The highest BCUT2D eigenvalue weighted by molar-refractivity contribution is 6.04. The number of nitrogens with zero attached hydrogens (tertiary/aromatic N) is 3. The van der Waals surface area contributed by atoms with Gasteiger partial charge in [0, 0.05) is 37.1 Å². The third kappa shape index (κ3) is 4.05. The van der Waals surface area contributed by atoms with Crippen molar-refractivity contribution in [3.63, 3.8) is 0 Å². The van der Waals surface area contributed by atoms with Gasteiger partial charge in [0.15, 0.2) is 5.82 Å². The molecule has 2 N–H and O–H groups in total. The Hall–Kier alpha value is -2.37. The molecule has 0 saturated heterocycles. The molecule has 1 amide bonds. The van der Waals surface area contributed by atoms with E-state index in [-0.39, 0.29) is 5.91 Å². The number of aromatic nitrogens is 3. The average molecular weight is 287 g/mol. The summed E-state index contributed by atoms with van der Waals surface area (Å²) < 4.78 is 1.65. The number of rotatable bonds is 6. The Balaban J connectivity index is 2.18. The highest BCUT2D eigenvalue weighted by atomic mass is 16.1. The number of hydrogen-bond donors (Lipinski definition) is 2. The minimum Gasteiger partial charge on any atom is -0.370 e. The fourth-order valence-electron chi connectivity index (χ4n) is 1.91. The molecule has 6 heteroatoms. The van der Waals surface area contributed by atoms with Gasteiger partial charge in [-0.05, 0) is 25.0 Å². The minimum atomic E-state index is -0.176. The Morgan fingerprint density at radius 1 is 1.29 bits per heavy atom. The number of hydrogen-bond acceptors (Lipinski definition) is 4. The lowest BCUT2D eigenvalue weighted by molar-refractivity contribution is 0.102. The maximum atomic E-state index is 12.3. The Morgan fingerprint density at radius 3 is 2.71 bits per heavy atom. The third-order valence-corrected chi connectivity index (χ3v) is 3.01. The number of carbonyl (C=O) groups is 1. The van der Waals surface area contributed by atoms with Crippen molar-refractivity contribution in [3.8, 4) is 0 Å². The quantitative estimate of drug-likeness (QED) is 0.856. The number of anilines is 2. The molecule has 0 unspecified atom stereocenters. The summed E-state index contributed by atoms with van der Waals surface area (Å²) in [6.07, 6.45) is 3.58. The zero-order chi connectivity index (χ0) is 15.2. The topological polar surface area (TPSA) is 71.8 Å². The summed E-state index contributed by atoms with van der Waals surface area (Å²) >= 11 is 0. The van der Waals surface area contributed by atoms with E-state index < -0.39 is 0 Å². The van der Waals surface area contributed by atoms with E-state index in [2.05, 4.69) is 27.6 Å². The first kappa shape index (κ1) is 15.0. The highest BCUT2D eigenvalue weighted by Gasteiger charge is 2.11. The molecule has 0 radical (unpaired) electrons. The van der Waals surface area contributed by atoms with Crippen molar-refractivity contribution in [2.75, 3.05) is 17.2 Å². The Labute approximate surface area is 124 Å². The zero-order valence-corrected chi connectivity index (χ0v) is 12.7. The molecule has 112 valence electrons. The van der Waals surface area contributed by atoms with E-state index in [4.69, 9.17) is 0 Å². The van der Waals surface area contributed by atoms with Gasteiger partial charge in [0.05, 0.1) is 0 Å². The van der Waals surface area contributed by atoms with E-state index in [1.165, 1.54) is 0 Å². The van der Waals surface area contributed by atoms with Gasteiger partial charge in [-0.25, -0.2) is 4.98 Å². The maximum absolute atomic E-state index is 12.3. The van der Waals surface area contributed by atoms with E-state index in [9.17, 15) is 4.79 Å². The summed E-state index contributed by atoms with van der Waals surface area (Å²) in [7, 11) is 1.81. The van der Waals surface area contributed by atoms with E-state index in [0.29, 0.717) is 11.4 Å². The molecule has 0 aromatic carbocycles. The molecule has 0 bridgehead atoms. The largest absolute Gasteiger partial charge is 0.370 e. The van der Waals surface area contributed by atoms with Crippen LogP contribution in [0.5, 0.6) is 0 Å². The second kappa shape index (κ2) is 6.88. The Kier molecular flexibility index (Phi) is 4.92. The molecular weight excluding hydrogens is 266 g/mol. The van der Waals surface area contributed by atoms with Crippen molar-refractivity contribution < 1.29 is 4.79 Å². The molecule has 0 fully saturated rings. The molecule has 0 saturated carbocycles. The lowest BCUT2D eigenvalue weighted by atomic mass is 10.2. The SMILES string of the molecule is CCCNc1cc(C(=O)Nc2ccn(C)n2)cc(CC)n1. The first-order valence-corrected chi connectivity index (χ1v) is 7.18. The van der Waals surface area contributed by atoms with Crippen molar-refractivity contribution in [1.29, 1.82) is 0 Å². The summed E-state index contributed by atoms with van der Waals surface area (Å²) in [4.78, 5) is 16.8. The normalized spacial score (nSPS) is 10.4. The molecule has 0 atom stereocenters. The molecule has 0 spiro atoms. The van der Waals surface area contributed by atoms with E-state index in [1.54, 1.807) is 23.0 Å². The summed E-state index contributed by atoms with van der Waals surface area (Å²) in [5, 5.41) is 10.2. The molecule has 0 aliphatic heterocycles. The van der Waals surface area contributed by atoms with Gasteiger partial charge >= 0.3 is 0 Å². The third-order valence-electron chi connectivity index (χ3n) is 3.01. The van der Waals surface area contributed by atoms with Crippen LogP contribution in [0.3, 0.4) is 0 Å². The van der Waals surface area contributed by atoms with E-state index in [0.717, 1.165) is 30.9 Å². The molecule has 6 nitrogen and oxygen atoms in total. The molecule has 0 aliphatic carbocycles. The lowest BCUT2D eigenvalue weighted by Crippen LogP contribution is -2.14. The van der Waals surface area contributed by atoms with E-state index >= 15 is 0 Å². The van der Waals surface area contributed by atoms with Crippen LogP contribution in [0, 0.1) is 0 Å². The summed E-state index contributed by atoms with van der Waals surface area (Å²) in [5.41, 5.74) is 1.48. The maximum Gasteiger partial charge on any atom is 0.257 e.